The molecule has 1 N–H and O–H groups in total. The predicted octanol–water partition coefficient (Wildman–Crippen LogP) is 4.14. The van der Waals surface area contributed by atoms with Crippen LogP contribution in [0.5, 0.6) is 0 Å². The summed E-state index contributed by atoms with van der Waals surface area (Å²) >= 11 is 0. The maximum atomic E-state index is 12.8. The van der Waals surface area contributed by atoms with E-state index in [1.807, 2.05) is 31.2 Å². The van der Waals surface area contributed by atoms with E-state index in [1.165, 1.54) is 0 Å². The van der Waals surface area contributed by atoms with Gasteiger partial charge in [-0.2, -0.15) is 5.26 Å². The van der Waals surface area contributed by atoms with E-state index in [9.17, 15) is 10.1 Å². The Kier molecular flexibility index (Phi) is 7.67. The van der Waals surface area contributed by atoms with E-state index in [1.54, 1.807) is 6.08 Å². The van der Waals surface area contributed by atoms with Gasteiger partial charge in [-0.05, 0) is 55.2 Å². The molecule has 1 aromatic carbocycles. The average molecular weight is 421 g/mol. The predicted molar refractivity (Wildman–Crippen MR) is 124 cm³/mol. The van der Waals surface area contributed by atoms with Crippen molar-refractivity contribution in [2.75, 3.05) is 31.6 Å². The summed E-state index contributed by atoms with van der Waals surface area (Å²) in [4.78, 5) is 15.1. The highest BCUT2D eigenvalue weighted by Crippen LogP contribution is 2.21. The second kappa shape index (κ2) is 10.4. The molecular weight excluding hydrogens is 388 g/mol. The Bertz CT molecular complexity index is 991. The van der Waals surface area contributed by atoms with Crippen LogP contribution in [0, 0.1) is 31.1 Å². The van der Waals surface area contributed by atoms with E-state index in [0.29, 0.717) is 11.6 Å². The smallest absolute Gasteiger partial charge is 0.266 e. The minimum Gasteiger partial charge on any atom is -0.379 e. The van der Waals surface area contributed by atoms with Gasteiger partial charge in [-0.15, -0.1) is 0 Å². The quantitative estimate of drug-likeness (QED) is 0.540. The van der Waals surface area contributed by atoms with Crippen molar-refractivity contribution in [2.24, 2.45) is 5.92 Å². The fourth-order valence-corrected chi connectivity index (χ4v) is 3.89. The van der Waals surface area contributed by atoms with Gasteiger partial charge in [0.2, 0.25) is 0 Å². The molecule has 0 atom stereocenters. The third-order valence-corrected chi connectivity index (χ3v) is 5.52. The van der Waals surface area contributed by atoms with E-state index in [4.69, 9.17) is 4.74 Å². The number of nitriles is 1. The largest absolute Gasteiger partial charge is 0.379 e. The molecule has 2 heterocycles. The SMILES string of the molecule is Cc1cc(/C=C(\C#N)C(=O)Nc2cccc(CN3CCOCC3)c2)c(C)n1CC(C)C. The molecule has 0 bridgehead atoms. The highest BCUT2D eigenvalue weighted by atomic mass is 16.5. The number of nitrogens with one attached hydrogen (secondary N) is 1. The zero-order chi connectivity index (χ0) is 22.4. The Morgan fingerprint density at radius 1 is 1.26 bits per heavy atom. The number of ether oxygens (including phenoxy) is 1. The third-order valence-electron chi connectivity index (χ3n) is 5.52. The molecular formula is C25H32N4O2. The minimum atomic E-state index is -0.389. The number of rotatable bonds is 7. The van der Waals surface area contributed by atoms with Gasteiger partial charge in [-0.25, -0.2) is 0 Å². The lowest BCUT2D eigenvalue weighted by molar-refractivity contribution is -0.112. The second-order valence-electron chi connectivity index (χ2n) is 8.54. The minimum absolute atomic E-state index is 0.100. The van der Waals surface area contributed by atoms with Gasteiger partial charge in [-0.3, -0.25) is 9.69 Å². The van der Waals surface area contributed by atoms with E-state index in [2.05, 4.69) is 47.7 Å². The average Bonchev–Trinajstić information content (AvgIpc) is 3.00. The van der Waals surface area contributed by atoms with Gasteiger partial charge in [0, 0.05) is 43.3 Å². The van der Waals surface area contributed by atoms with Crippen LogP contribution < -0.4 is 5.32 Å². The maximum absolute atomic E-state index is 12.8. The van der Waals surface area contributed by atoms with Crippen molar-refractivity contribution >= 4 is 17.7 Å². The lowest BCUT2D eigenvalue weighted by atomic mass is 10.1. The van der Waals surface area contributed by atoms with Gasteiger partial charge in [-0.1, -0.05) is 26.0 Å². The molecule has 1 aromatic heterocycles. The first-order valence-corrected chi connectivity index (χ1v) is 10.9. The molecule has 0 saturated carbocycles. The van der Waals surface area contributed by atoms with Gasteiger partial charge >= 0.3 is 0 Å². The van der Waals surface area contributed by atoms with Gasteiger partial charge in [0.25, 0.3) is 5.91 Å². The fraction of sp³-hybridized carbons (Fsp3) is 0.440. The Labute approximate surface area is 185 Å². The van der Waals surface area contributed by atoms with Crippen molar-refractivity contribution in [3.05, 3.63) is 58.4 Å². The van der Waals surface area contributed by atoms with Crippen LogP contribution in [0.25, 0.3) is 6.08 Å². The van der Waals surface area contributed by atoms with Crippen LogP contribution in [0.2, 0.25) is 0 Å². The lowest BCUT2D eigenvalue weighted by Gasteiger charge is -2.26. The number of morpholine rings is 1. The number of anilines is 1. The van der Waals surface area contributed by atoms with Crippen molar-refractivity contribution in [1.29, 1.82) is 5.26 Å². The molecule has 6 nitrogen and oxygen atoms in total. The summed E-state index contributed by atoms with van der Waals surface area (Å²) in [5.41, 5.74) is 5.03. The van der Waals surface area contributed by atoms with Crippen molar-refractivity contribution in [1.82, 2.24) is 9.47 Å². The molecule has 0 aliphatic carbocycles. The van der Waals surface area contributed by atoms with E-state index in [0.717, 1.165) is 61.9 Å². The van der Waals surface area contributed by atoms with Gasteiger partial charge < -0.3 is 14.6 Å². The van der Waals surface area contributed by atoms with Crippen molar-refractivity contribution in [3.63, 3.8) is 0 Å². The van der Waals surface area contributed by atoms with Crippen molar-refractivity contribution < 1.29 is 9.53 Å². The number of benzene rings is 1. The number of hydrogen-bond acceptors (Lipinski definition) is 4. The molecule has 0 spiro atoms. The van der Waals surface area contributed by atoms with Gasteiger partial charge in [0.05, 0.1) is 13.2 Å². The van der Waals surface area contributed by atoms with Crippen molar-refractivity contribution in [2.45, 2.75) is 40.8 Å². The molecule has 6 heteroatoms. The summed E-state index contributed by atoms with van der Waals surface area (Å²) in [5, 5.41) is 12.5. The van der Waals surface area contributed by atoms with E-state index in [-0.39, 0.29) is 11.5 Å². The number of aryl methyl sites for hydroxylation is 1. The van der Waals surface area contributed by atoms with Crippen LogP contribution in [-0.4, -0.2) is 41.7 Å². The normalized spacial score (nSPS) is 15.2. The van der Waals surface area contributed by atoms with Crippen molar-refractivity contribution in [3.8, 4) is 6.07 Å². The molecule has 1 amide bonds. The summed E-state index contributed by atoms with van der Waals surface area (Å²) in [7, 11) is 0. The van der Waals surface area contributed by atoms with E-state index >= 15 is 0 Å². The summed E-state index contributed by atoms with van der Waals surface area (Å²) < 4.78 is 7.63. The highest BCUT2D eigenvalue weighted by Gasteiger charge is 2.15. The summed E-state index contributed by atoms with van der Waals surface area (Å²) in [6.07, 6.45) is 1.69. The zero-order valence-electron chi connectivity index (χ0n) is 18.9. The lowest BCUT2D eigenvalue weighted by Crippen LogP contribution is -2.35. The summed E-state index contributed by atoms with van der Waals surface area (Å²) in [6.45, 7) is 13.5. The molecule has 1 aliphatic heterocycles. The monoisotopic (exact) mass is 420 g/mol. The molecule has 1 fully saturated rings. The number of nitrogens with zero attached hydrogens (tertiary/aromatic N) is 3. The standard InChI is InChI=1S/C25H32N4O2/c1-18(2)16-29-19(3)12-22(20(29)4)14-23(15-26)25(30)27-24-7-5-6-21(13-24)17-28-8-10-31-11-9-28/h5-7,12-14,18H,8-11,16-17H2,1-4H3,(H,27,30)/b23-14+. The summed E-state index contributed by atoms with van der Waals surface area (Å²) in [6, 6.07) is 11.9. The van der Waals surface area contributed by atoms with Crippen LogP contribution in [0.1, 0.15) is 36.4 Å². The third kappa shape index (κ3) is 6.06. The highest BCUT2D eigenvalue weighted by molar-refractivity contribution is 6.09. The molecule has 1 saturated heterocycles. The van der Waals surface area contributed by atoms with E-state index < -0.39 is 0 Å². The fourth-order valence-electron chi connectivity index (χ4n) is 3.89. The van der Waals surface area contributed by atoms with Gasteiger partial charge in [0.1, 0.15) is 11.6 Å². The molecule has 0 unspecified atom stereocenters. The van der Waals surface area contributed by atoms with Crippen LogP contribution >= 0.6 is 0 Å². The second-order valence-corrected chi connectivity index (χ2v) is 8.54. The molecule has 2 aromatic rings. The topological polar surface area (TPSA) is 70.3 Å². The first kappa shape index (κ1) is 22.8. The van der Waals surface area contributed by atoms with Crippen LogP contribution in [0.15, 0.2) is 35.9 Å². The number of hydrogen-bond donors (Lipinski definition) is 1. The molecule has 0 radical (unpaired) electrons. The molecule has 164 valence electrons. The van der Waals surface area contributed by atoms with Crippen LogP contribution in [-0.2, 0) is 22.6 Å². The first-order chi connectivity index (χ1) is 14.9. The maximum Gasteiger partial charge on any atom is 0.266 e. The van der Waals surface area contributed by atoms with Crippen LogP contribution in [0.3, 0.4) is 0 Å². The van der Waals surface area contributed by atoms with Gasteiger partial charge in [0.15, 0.2) is 0 Å². The Morgan fingerprint density at radius 3 is 2.68 bits per heavy atom. The number of aromatic nitrogens is 1. The number of carbonyl (C=O) groups excluding carboxylic acids is 1. The molecule has 1 aliphatic rings. The number of carbonyl (C=O) groups is 1. The Morgan fingerprint density at radius 2 is 2.00 bits per heavy atom. The number of amides is 1. The Hall–Kier alpha value is -2.88. The Balaban J connectivity index is 1.73. The summed E-state index contributed by atoms with van der Waals surface area (Å²) in [5.74, 6) is 0.129. The molecule has 3 rings (SSSR count). The molecule has 31 heavy (non-hydrogen) atoms. The zero-order valence-corrected chi connectivity index (χ0v) is 18.9. The van der Waals surface area contributed by atoms with Crippen LogP contribution in [0.4, 0.5) is 5.69 Å². The first-order valence-electron chi connectivity index (χ1n) is 10.9.